The molecule has 8 heteroatoms. The second-order valence-electron chi connectivity index (χ2n) is 5.25. The normalized spacial score (nSPS) is 15.6. The van der Waals surface area contributed by atoms with Gasteiger partial charge in [0.25, 0.3) is 5.91 Å². The molecule has 0 N–H and O–H groups in total. The zero-order valence-corrected chi connectivity index (χ0v) is 16.5. The first-order chi connectivity index (χ1) is 12.5. The molecule has 0 aliphatic carbocycles. The fourth-order valence-corrected chi connectivity index (χ4v) is 3.99. The largest absolute Gasteiger partial charge is 0.490 e. The van der Waals surface area contributed by atoms with Crippen molar-refractivity contribution in [1.82, 2.24) is 4.90 Å². The first kappa shape index (κ1) is 18.6. The Morgan fingerprint density at radius 3 is 2.73 bits per heavy atom. The average molecular weight is 406 g/mol. The number of hydrogen-bond donors (Lipinski definition) is 0. The van der Waals surface area contributed by atoms with Gasteiger partial charge in [-0.1, -0.05) is 36.1 Å². The predicted octanol–water partition coefficient (Wildman–Crippen LogP) is 4.20. The fraction of sp³-hybridized carbons (Fsp3) is 0.167. The number of nitrogens with zero attached hydrogens (tertiary/aromatic N) is 1. The highest BCUT2D eigenvalue weighted by Crippen LogP contribution is 2.34. The predicted molar refractivity (Wildman–Crippen MR) is 108 cm³/mol. The number of hydrogen-bond acceptors (Lipinski definition) is 7. The lowest BCUT2D eigenvalue weighted by Crippen LogP contribution is -2.22. The summed E-state index contributed by atoms with van der Waals surface area (Å²) in [6, 6.07) is 8.66. The molecule has 2 aromatic rings. The van der Waals surface area contributed by atoms with Gasteiger partial charge in [-0.05, 0) is 42.1 Å². The Morgan fingerprint density at radius 1 is 1.31 bits per heavy atom. The summed E-state index contributed by atoms with van der Waals surface area (Å²) >= 11 is 7.70. The van der Waals surface area contributed by atoms with Gasteiger partial charge in [-0.3, -0.25) is 9.69 Å². The quantitative estimate of drug-likeness (QED) is 0.322. The lowest BCUT2D eigenvalue weighted by atomic mass is 10.2. The van der Waals surface area contributed by atoms with Crippen molar-refractivity contribution in [3.63, 3.8) is 0 Å². The number of thiophene rings is 1. The summed E-state index contributed by atoms with van der Waals surface area (Å²) in [5.74, 6) is 0.218. The molecule has 1 aromatic heterocycles. The molecule has 1 fully saturated rings. The van der Waals surface area contributed by atoms with Gasteiger partial charge in [0.2, 0.25) is 0 Å². The minimum atomic E-state index is -0.430. The minimum Gasteiger partial charge on any atom is -0.490 e. The van der Waals surface area contributed by atoms with Gasteiger partial charge in [0.05, 0.1) is 11.5 Å². The van der Waals surface area contributed by atoms with Crippen molar-refractivity contribution in [3.05, 3.63) is 51.1 Å². The van der Waals surface area contributed by atoms with E-state index in [1.165, 1.54) is 28.0 Å². The Kier molecular flexibility index (Phi) is 5.75. The summed E-state index contributed by atoms with van der Waals surface area (Å²) in [7, 11) is 1.65. The molecule has 1 amide bonds. The SMILES string of the molecule is CCOc1cc(/C=C2\SC(=S)N(C)C2=O)ccc1OC(=O)c1cccs1. The molecular weight excluding hydrogens is 390 g/mol. The van der Waals surface area contributed by atoms with E-state index < -0.39 is 5.97 Å². The van der Waals surface area contributed by atoms with Crippen LogP contribution in [0.1, 0.15) is 22.2 Å². The number of thiocarbonyl (C=S) groups is 1. The number of esters is 1. The van der Waals surface area contributed by atoms with E-state index >= 15 is 0 Å². The van der Waals surface area contributed by atoms with Gasteiger partial charge in [-0.15, -0.1) is 11.3 Å². The summed E-state index contributed by atoms with van der Waals surface area (Å²) in [5, 5.41) is 1.81. The Morgan fingerprint density at radius 2 is 2.12 bits per heavy atom. The van der Waals surface area contributed by atoms with Crippen LogP contribution < -0.4 is 9.47 Å². The van der Waals surface area contributed by atoms with Crippen LogP contribution in [0.25, 0.3) is 6.08 Å². The molecule has 1 aliphatic heterocycles. The minimum absolute atomic E-state index is 0.133. The maximum Gasteiger partial charge on any atom is 0.353 e. The van der Waals surface area contributed by atoms with E-state index in [4.69, 9.17) is 21.7 Å². The van der Waals surface area contributed by atoms with E-state index in [1.807, 2.05) is 12.3 Å². The van der Waals surface area contributed by atoms with Gasteiger partial charge < -0.3 is 9.47 Å². The number of rotatable bonds is 5. The van der Waals surface area contributed by atoms with Crippen LogP contribution in [0.4, 0.5) is 0 Å². The third-order valence-corrected chi connectivity index (χ3v) is 5.81. The van der Waals surface area contributed by atoms with Gasteiger partial charge in [0, 0.05) is 7.05 Å². The Hall–Kier alpha value is -2.16. The van der Waals surface area contributed by atoms with Crippen molar-refractivity contribution in [2.45, 2.75) is 6.92 Å². The van der Waals surface area contributed by atoms with Crippen LogP contribution in [-0.4, -0.2) is 34.8 Å². The Labute approximate surface area is 164 Å². The molecule has 1 aromatic carbocycles. The molecule has 1 aliphatic rings. The Bertz CT molecular complexity index is 890. The molecule has 134 valence electrons. The van der Waals surface area contributed by atoms with Crippen LogP contribution >= 0.6 is 35.3 Å². The Balaban J connectivity index is 1.86. The van der Waals surface area contributed by atoms with Gasteiger partial charge in [0.1, 0.15) is 9.20 Å². The molecule has 0 unspecified atom stereocenters. The van der Waals surface area contributed by atoms with Crippen molar-refractivity contribution in [2.75, 3.05) is 13.7 Å². The van der Waals surface area contributed by atoms with Crippen molar-refractivity contribution in [3.8, 4) is 11.5 Å². The van der Waals surface area contributed by atoms with Crippen LogP contribution in [0.2, 0.25) is 0 Å². The van der Waals surface area contributed by atoms with E-state index in [-0.39, 0.29) is 5.91 Å². The number of likely N-dealkylation sites (N-methyl/N-ethyl adjacent to an activating group) is 1. The van der Waals surface area contributed by atoms with Gasteiger partial charge in [-0.2, -0.15) is 0 Å². The van der Waals surface area contributed by atoms with Crippen LogP contribution in [0.5, 0.6) is 11.5 Å². The fourth-order valence-electron chi connectivity index (χ4n) is 2.21. The van der Waals surface area contributed by atoms with Crippen molar-refractivity contribution < 1.29 is 19.1 Å². The summed E-state index contributed by atoms with van der Waals surface area (Å²) < 4.78 is 11.6. The zero-order valence-electron chi connectivity index (χ0n) is 14.1. The van der Waals surface area contributed by atoms with Crippen molar-refractivity contribution >= 4 is 57.6 Å². The molecule has 0 radical (unpaired) electrons. The third-order valence-electron chi connectivity index (χ3n) is 3.48. The second kappa shape index (κ2) is 8.03. The molecule has 26 heavy (non-hydrogen) atoms. The summed E-state index contributed by atoms with van der Waals surface area (Å²) in [4.78, 5) is 26.8. The molecule has 5 nitrogen and oxygen atoms in total. The van der Waals surface area contributed by atoms with E-state index in [0.29, 0.717) is 32.2 Å². The second-order valence-corrected chi connectivity index (χ2v) is 7.87. The summed E-state index contributed by atoms with van der Waals surface area (Å²) in [6.07, 6.45) is 1.75. The highest BCUT2D eigenvalue weighted by molar-refractivity contribution is 8.26. The van der Waals surface area contributed by atoms with Crippen LogP contribution in [0.15, 0.2) is 40.6 Å². The van der Waals surface area contributed by atoms with Crippen LogP contribution in [-0.2, 0) is 4.79 Å². The van der Waals surface area contributed by atoms with Gasteiger partial charge in [0.15, 0.2) is 11.5 Å². The zero-order chi connectivity index (χ0) is 18.7. The number of carbonyl (C=O) groups excluding carboxylic acids is 2. The first-order valence-electron chi connectivity index (χ1n) is 7.73. The molecule has 1 saturated heterocycles. The maximum absolute atomic E-state index is 12.2. The molecular formula is C18H15NO4S3. The van der Waals surface area contributed by atoms with Crippen LogP contribution in [0, 0.1) is 0 Å². The topological polar surface area (TPSA) is 55.8 Å². The number of amides is 1. The standard InChI is InChI=1S/C18H15NO4S3/c1-3-22-13-9-11(10-15-16(20)19(2)18(24)26-15)6-7-12(13)23-17(21)14-5-4-8-25-14/h4-10H,3H2,1-2H3/b15-10-. The monoisotopic (exact) mass is 405 g/mol. The smallest absolute Gasteiger partial charge is 0.353 e. The lowest BCUT2D eigenvalue weighted by Gasteiger charge is -2.11. The first-order valence-corrected chi connectivity index (χ1v) is 9.84. The van der Waals surface area contributed by atoms with E-state index in [9.17, 15) is 9.59 Å². The van der Waals surface area contributed by atoms with Crippen molar-refractivity contribution in [2.24, 2.45) is 0 Å². The number of benzene rings is 1. The number of thioether (sulfide) groups is 1. The molecule has 0 atom stereocenters. The summed E-state index contributed by atoms with van der Waals surface area (Å²) in [5.41, 5.74) is 0.762. The molecule has 0 bridgehead atoms. The molecule has 0 spiro atoms. The average Bonchev–Trinajstić information content (AvgIpc) is 3.23. The highest BCUT2D eigenvalue weighted by Gasteiger charge is 2.28. The molecule has 2 heterocycles. The highest BCUT2D eigenvalue weighted by atomic mass is 32.2. The molecule has 3 rings (SSSR count). The van der Waals surface area contributed by atoms with E-state index in [1.54, 1.807) is 43.5 Å². The van der Waals surface area contributed by atoms with Crippen molar-refractivity contribution in [1.29, 1.82) is 0 Å². The van der Waals surface area contributed by atoms with E-state index in [0.717, 1.165) is 5.56 Å². The molecule has 0 saturated carbocycles. The summed E-state index contributed by atoms with van der Waals surface area (Å²) in [6.45, 7) is 2.27. The van der Waals surface area contributed by atoms with Gasteiger partial charge >= 0.3 is 5.97 Å². The van der Waals surface area contributed by atoms with Crippen LogP contribution in [0.3, 0.4) is 0 Å². The number of carbonyl (C=O) groups is 2. The van der Waals surface area contributed by atoms with E-state index in [2.05, 4.69) is 0 Å². The lowest BCUT2D eigenvalue weighted by molar-refractivity contribution is -0.121. The maximum atomic E-state index is 12.2. The third kappa shape index (κ3) is 3.98. The number of ether oxygens (including phenoxy) is 2. The van der Waals surface area contributed by atoms with Gasteiger partial charge in [-0.25, -0.2) is 4.79 Å².